The second kappa shape index (κ2) is 17.8. The molecule has 3 atom stereocenters. The predicted molar refractivity (Wildman–Crippen MR) is 206 cm³/mol. The average molecular weight is 789 g/mol. The number of nitrogens with zero attached hydrogens (tertiary/aromatic N) is 5. The monoisotopic (exact) mass is 788 g/mol. The standard InChI is InChI=1S/C39H48N8O10/c1-5-39(53)27-17-30-34-25(18-47(30)37(51)26(27)19-57-38(39)52)23-7-6-8-24-28(9-10-29(43-34)32(23)24)44-35(49)22(4)42-36(50)33(21(2)3)45-31(48)20-56-16-15-55-14-13-54-12-11-41-46-40/h9-10,17,21-22,33,53H,5-8,11-16,18-20H2,1-4H3,(H,42,50)(H,44,49)(H,45,48)/t22?,33?,39-/m0/s1. The van der Waals surface area contributed by atoms with E-state index in [0.717, 1.165) is 34.9 Å². The van der Waals surface area contributed by atoms with Crippen molar-refractivity contribution in [2.75, 3.05) is 51.5 Å². The van der Waals surface area contributed by atoms with Gasteiger partial charge in [0.2, 0.25) is 17.7 Å². The van der Waals surface area contributed by atoms with Crippen molar-refractivity contribution in [1.29, 1.82) is 0 Å². The zero-order chi connectivity index (χ0) is 40.9. The molecule has 3 amide bonds. The third kappa shape index (κ3) is 8.50. The summed E-state index contributed by atoms with van der Waals surface area (Å²) in [6, 6.07) is 3.44. The largest absolute Gasteiger partial charge is 0.458 e. The number of aliphatic hydroxyl groups is 1. The lowest BCUT2D eigenvalue weighted by molar-refractivity contribution is -0.172. The number of pyridine rings is 2. The van der Waals surface area contributed by atoms with Gasteiger partial charge < -0.3 is 44.6 Å². The van der Waals surface area contributed by atoms with Crippen LogP contribution in [0.25, 0.3) is 32.7 Å². The zero-order valence-electron chi connectivity index (χ0n) is 32.5. The fourth-order valence-electron chi connectivity index (χ4n) is 7.55. The Kier molecular flexibility index (Phi) is 12.9. The van der Waals surface area contributed by atoms with E-state index in [4.69, 9.17) is 29.5 Å². The molecule has 0 spiro atoms. The highest BCUT2D eigenvalue weighted by molar-refractivity contribution is 6.02. The van der Waals surface area contributed by atoms with Gasteiger partial charge in [-0.3, -0.25) is 19.2 Å². The van der Waals surface area contributed by atoms with Crippen LogP contribution >= 0.6 is 0 Å². The van der Waals surface area contributed by atoms with Crippen molar-refractivity contribution in [3.8, 4) is 11.4 Å². The number of hydrogen-bond donors (Lipinski definition) is 4. The summed E-state index contributed by atoms with van der Waals surface area (Å²) in [4.78, 5) is 73.4. The smallest absolute Gasteiger partial charge is 0.343 e. The number of amides is 3. The topological polar surface area (TPSA) is 245 Å². The number of esters is 1. The van der Waals surface area contributed by atoms with E-state index in [1.807, 2.05) is 6.07 Å². The summed E-state index contributed by atoms with van der Waals surface area (Å²) in [5, 5.41) is 23.9. The molecule has 0 bridgehead atoms. The summed E-state index contributed by atoms with van der Waals surface area (Å²) in [6.07, 6.45) is 2.26. The third-order valence-corrected chi connectivity index (χ3v) is 10.6. The van der Waals surface area contributed by atoms with Crippen molar-refractivity contribution in [2.45, 2.75) is 84.2 Å². The summed E-state index contributed by atoms with van der Waals surface area (Å²) < 4.78 is 22.8. The molecule has 0 saturated carbocycles. The maximum atomic E-state index is 13.7. The van der Waals surface area contributed by atoms with Gasteiger partial charge in [0.15, 0.2) is 5.60 Å². The number of cyclic esters (lactones) is 1. The highest BCUT2D eigenvalue weighted by Crippen LogP contribution is 2.43. The first kappa shape index (κ1) is 41.2. The van der Waals surface area contributed by atoms with Gasteiger partial charge in [-0.15, -0.1) is 0 Å². The minimum atomic E-state index is -1.92. The van der Waals surface area contributed by atoms with Crippen LogP contribution in [0.2, 0.25) is 0 Å². The number of anilines is 1. The van der Waals surface area contributed by atoms with Crippen LogP contribution < -0.4 is 21.5 Å². The van der Waals surface area contributed by atoms with Gasteiger partial charge in [0.25, 0.3) is 5.56 Å². The van der Waals surface area contributed by atoms with Crippen molar-refractivity contribution in [3.63, 3.8) is 0 Å². The Balaban J connectivity index is 1.08. The molecule has 1 aromatic carbocycles. The first-order valence-electron chi connectivity index (χ1n) is 19.2. The molecule has 4 N–H and O–H groups in total. The highest BCUT2D eigenvalue weighted by Gasteiger charge is 2.45. The van der Waals surface area contributed by atoms with Gasteiger partial charge >= 0.3 is 5.97 Å². The molecule has 4 heterocycles. The summed E-state index contributed by atoms with van der Waals surface area (Å²) in [5.41, 5.74) is 11.8. The van der Waals surface area contributed by atoms with Gasteiger partial charge in [0.05, 0.1) is 62.0 Å². The maximum absolute atomic E-state index is 13.7. The molecule has 6 rings (SSSR count). The van der Waals surface area contributed by atoms with Crippen LogP contribution in [-0.2, 0) is 69.7 Å². The van der Waals surface area contributed by atoms with E-state index < -0.39 is 41.4 Å². The van der Waals surface area contributed by atoms with E-state index in [1.54, 1.807) is 44.4 Å². The van der Waals surface area contributed by atoms with Crippen LogP contribution in [0.4, 0.5) is 5.69 Å². The first-order chi connectivity index (χ1) is 27.4. The van der Waals surface area contributed by atoms with Crippen LogP contribution in [-0.4, -0.2) is 96.6 Å². The molecule has 18 heteroatoms. The number of aromatic nitrogens is 2. The van der Waals surface area contributed by atoms with Crippen molar-refractivity contribution in [2.24, 2.45) is 11.0 Å². The van der Waals surface area contributed by atoms with Crippen molar-refractivity contribution in [3.05, 3.63) is 66.8 Å². The SMILES string of the molecule is CC[C@@]1(O)C(=O)OCc2c1cc1n(c2=O)Cc2c-1nc1ccc(NC(=O)C(C)NC(=O)C(NC(=O)COCCOCCOCCN=[N+]=[N-])C(C)C)c3c1c2CCC3. The minimum absolute atomic E-state index is 0.0511. The Morgan fingerprint density at radius 3 is 2.44 bits per heavy atom. The van der Waals surface area contributed by atoms with Gasteiger partial charge in [0.1, 0.15) is 25.3 Å². The summed E-state index contributed by atoms with van der Waals surface area (Å²) in [7, 11) is 0. The van der Waals surface area contributed by atoms with Crippen molar-refractivity contribution >= 4 is 40.3 Å². The molecule has 18 nitrogen and oxygen atoms in total. The Hall–Kier alpha value is -5.39. The van der Waals surface area contributed by atoms with Gasteiger partial charge in [-0.2, -0.15) is 0 Å². The molecule has 57 heavy (non-hydrogen) atoms. The van der Waals surface area contributed by atoms with Gasteiger partial charge in [-0.05, 0) is 73.4 Å². The van der Waals surface area contributed by atoms with Crippen LogP contribution in [0.1, 0.15) is 68.4 Å². The molecule has 3 aromatic rings. The molecule has 2 unspecified atom stereocenters. The lowest BCUT2D eigenvalue weighted by atomic mass is 9.85. The number of fused-ring (bicyclic) bond motifs is 5. The Morgan fingerprint density at radius 1 is 1.00 bits per heavy atom. The van der Waals surface area contributed by atoms with E-state index in [0.29, 0.717) is 48.8 Å². The molecule has 3 aliphatic rings. The van der Waals surface area contributed by atoms with E-state index in [2.05, 4.69) is 26.0 Å². The maximum Gasteiger partial charge on any atom is 0.343 e. The van der Waals surface area contributed by atoms with Crippen molar-refractivity contribution in [1.82, 2.24) is 20.2 Å². The number of hydrogen-bond acceptors (Lipinski definition) is 12. The highest BCUT2D eigenvalue weighted by atomic mass is 16.6. The molecule has 1 aliphatic carbocycles. The van der Waals surface area contributed by atoms with Crippen LogP contribution in [0.3, 0.4) is 0 Å². The van der Waals surface area contributed by atoms with E-state index >= 15 is 0 Å². The second-order valence-electron chi connectivity index (χ2n) is 14.6. The summed E-state index contributed by atoms with van der Waals surface area (Å²) in [5.74, 6) is -2.51. The number of nitrogens with one attached hydrogen (secondary N) is 3. The van der Waals surface area contributed by atoms with Crippen LogP contribution in [0.5, 0.6) is 0 Å². The normalized spacial score (nSPS) is 17.5. The van der Waals surface area contributed by atoms with Gasteiger partial charge in [0, 0.05) is 33.7 Å². The number of azide groups is 1. The number of aryl methyl sites for hydroxylation is 2. The predicted octanol–water partition coefficient (Wildman–Crippen LogP) is 2.51. The molecular weight excluding hydrogens is 740 g/mol. The van der Waals surface area contributed by atoms with Crippen molar-refractivity contribution < 1.29 is 43.2 Å². The van der Waals surface area contributed by atoms with Crippen LogP contribution in [0, 0.1) is 5.92 Å². The quantitative estimate of drug-likeness (QED) is 0.0375. The lowest BCUT2D eigenvalue weighted by Gasteiger charge is -2.31. The average Bonchev–Trinajstić information content (AvgIpc) is 3.57. The molecule has 2 aromatic heterocycles. The second-order valence-corrected chi connectivity index (χ2v) is 14.6. The molecular formula is C39H48N8O10. The number of carbonyl (C=O) groups is 4. The lowest BCUT2D eigenvalue weighted by Crippen LogP contribution is -2.54. The Morgan fingerprint density at radius 2 is 1.72 bits per heavy atom. The molecule has 0 fully saturated rings. The molecule has 0 saturated heterocycles. The number of rotatable bonds is 18. The third-order valence-electron chi connectivity index (χ3n) is 10.6. The Bertz CT molecular complexity index is 2180. The fraction of sp³-hybridized carbons (Fsp3) is 0.538. The summed E-state index contributed by atoms with van der Waals surface area (Å²) >= 11 is 0. The number of benzene rings is 1. The van der Waals surface area contributed by atoms with Crippen LogP contribution in [0.15, 0.2) is 28.1 Å². The molecule has 0 radical (unpaired) electrons. The molecule has 304 valence electrons. The van der Waals surface area contributed by atoms with Gasteiger partial charge in [-0.1, -0.05) is 25.9 Å². The minimum Gasteiger partial charge on any atom is -0.458 e. The molecule has 2 aliphatic heterocycles. The Labute approximate surface area is 328 Å². The van der Waals surface area contributed by atoms with E-state index in [9.17, 15) is 29.1 Å². The fourth-order valence-corrected chi connectivity index (χ4v) is 7.55. The first-order valence-corrected chi connectivity index (χ1v) is 19.2. The number of carbonyl (C=O) groups excluding carboxylic acids is 4. The van der Waals surface area contributed by atoms with E-state index in [1.165, 1.54) is 0 Å². The van der Waals surface area contributed by atoms with Gasteiger partial charge in [-0.25, -0.2) is 9.78 Å². The van der Waals surface area contributed by atoms with E-state index in [-0.39, 0.29) is 68.5 Å². The summed E-state index contributed by atoms with van der Waals surface area (Å²) in [6.45, 7) is 8.14. The zero-order valence-corrected chi connectivity index (χ0v) is 32.5. The number of ether oxygens (including phenoxy) is 4.